The summed E-state index contributed by atoms with van der Waals surface area (Å²) < 4.78 is 6.18. The van der Waals surface area contributed by atoms with Gasteiger partial charge in [-0.3, -0.25) is 19.2 Å². The lowest BCUT2D eigenvalue weighted by Crippen LogP contribution is -2.66. The highest BCUT2D eigenvalue weighted by atomic mass is 35.5. The number of carbonyl (C=O) groups is 4. The van der Waals surface area contributed by atoms with Crippen LogP contribution in [0.2, 0.25) is 5.02 Å². The zero-order valence-corrected chi connectivity index (χ0v) is 37.9. The molecular formula is C48H71ClN2O7. The fourth-order valence-corrected chi connectivity index (χ4v) is 13.8. The molecule has 1 aromatic rings. The van der Waals surface area contributed by atoms with E-state index in [0.29, 0.717) is 41.9 Å². The third-order valence-corrected chi connectivity index (χ3v) is 17.3. The number of likely N-dealkylation sites (N-methyl/N-ethyl adjacent to an activating group) is 1. The maximum atomic E-state index is 14.3. The van der Waals surface area contributed by atoms with Gasteiger partial charge in [-0.1, -0.05) is 65.6 Å². The monoisotopic (exact) mass is 822 g/mol. The van der Waals surface area contributed by atoms with Crippen LogP contribution in [0, 0.1) is 56.2 Å². The van der Waals surface area contributed by atoms with Gasteiger partial charge >= 0.3 is 11.9 Å². The molecular weight excluding hydrogens is 752 g/mol. The number of carboxylic acid groups (broad SMARTS) is 1. The number of hydrogen-bond donors (Lipinski definition) is 2. The number of carbonyl (C=O) groups excluding carboxylic acids is 3. The van der Waals surface area contributed by atoms with E-state index in [9.17, 15) is 29.4 Å². The molecule has 322 valence electrons. The molecule has 4 saturated carbocycles. The van der Waals surface area contributed by atoms with Crippen molar-refractivity contribution < 1.29 is 34.1 Å². The quantitative estimate of drug-likeness (QED) is 0.200. The van der Waals surface area contributed by atoms with E-state index < -0.39 is 28.9 Å². The minimum absolute atomic E-state index is 0.0114. The minimum Gasteiger partial charge on any atom is -0.481 e. The molecule has 58 heavy (non-hydrogen) atoms. The van der Waals surface area contributed by atoms with Crippen LogP contribution in [0.3, 0.4) is 0 Å². The van der Waals surface area contributed by atoms with E-state index >= 15 is 0 Å². The summed E-state index contributed by atoms with van der Waals surface area (Å²) in [6.07, 6.45) is 6.25. The van der Waals surface area contributed by atoms with E-state index in [1.807, 2.05) is 19.0 Å². The Hall–Kier alpha value is -2.75. The van der Waals surface area contributed by atoms with E-state index in [4.69, 9.17) is 16.3 Å². The molecule has 5 aliphatic rings. The molecule has 9 nitrogen and oxygen atoms in total. The molecule has 0 aliphatic heterocycles. The number of fused-ring (bicyclic) bond motifs is 7. The summed E-state index contributed by atoms with van der Waals surface area (Å²) in [5, 5.41) is 22.9. The van der Waals surface area contributed by atoms with Crippen molar-refractivity contribution in [3.05, 3.63) is 46.0 Å². The summed E-state index contributed by atoms with van der Waals surface area (Å²) in [6, 6.07) is 6.92. The van der Waals surface area contributed by atoms with E-state index in [2.05, 4.69) is 48.5 Å². The topological polar surface area (TPSA) is 124 Å². The van der Waals surface area contributed by atoms with Crippen molar-refractivity contribution in [1.29, 1.82) is 0 Å². The number of Topliss-reactive ketones (excluding diaryl/α,β-unsaturated/α-hetero) is 1. The lowest BCUT2D eigenvalue weighted by Gasteiger charge is -2.72. The van der Waals surface area contributed by atoms with Crippen LogP contribution in [0.15, 0.2) is 35.4 Å². The Morgan fingerprint density at radius 1 is 0.897 bits per heavy atom. The number of amides is 1. The second kappa shape index (κ2) is 15.6. The molecule has 10 heteroatoms. The molecule has 6 rings (SSSR count). The fourth-order valence-electron chi connectivity index (χ4n) is 13.7. The second-order valence-corrected chi connectivity index (χ2v) is 22.1. The Labute approximate surface area is 352 Å². The molecule has 4 fully saturated rings. The number of aliphatic hydroxyl groups is 1. The number of carboxylic acids is 1. The highest BCUT2D eigenvalue weighted by molar-refractivity contribution is 6.30. The van der Waals surface area contributed by atoms with Gasteiger partial charge in [0.1, 0.15) is 6.10 Å². The molecule has 0 bridgehead atoms. The lowest BCUT2D eigenvalue weighted by atomic mass is 9.33. The van der Waals surface area contributed by atoms with Gasteiger partial charge in [-0.25, -0.2) is 0 Å². The molecule has 5 aliphatic carbocycles. The number of ketones is 1. The summed E-state index contributed by atoms with van der Waals surface area (Å²) in [6.45, 7) is 20.6. The van der Waals surface area contributed by atoms with Gasteiger partial charge in [-0.15, -0.1) is 0 Å². The van der Waals surface area contributed by atoms with E-state index in [-0.39, 0.29) is 70.7 Å². The van der Waals surface area contributed by atoms with Crippen LogP contribution >= 0.6 is 11.6 Å². The number of halogens is 1. The Morgan fingerprint density at radius 3 is 2.16 bits per heavy atom. The smallest absolute Gasteiger partial charge is 0.309 e. The number of aliphatic hydroxyl groups excluding tert-OH is 1. The zero-order chi connectivity index (χ0) is 43.0. The molecule has 0 aromatic heterocycles. The van der Waals surface area contributed by atoms with Crippen LogP contribution in [-0.4, -0.2) is 89.6 Å². The Balaban J connectivity index is 1.30. The van der Waals surface area contributed by atoms with Crippen molar-refractivity contribution in [2.75, 3.05) is 33.7 Å². The number of nitrogens with zero attached hydrogens (tertiary/aromatic N) is 2. The molecule has 0 heterocycles. The third-order valence-electron chi connectivity index (χ3n) is 17.1. The summed E-state index contributed by atoms with van der Waals surface area (Å²) in [7, 11) is 3.95. The Bertz CT molecular complexity index is 1820. The second-order valence-electron chi connectivity index (χ2n) is 21.6. The number of allylic oxidation sites excluding steroid dienone is 1. The van der Waals surface area contributed by atoms with Crippen LogP contribution in [0.5, 0.6) is 0 Å². The van der Waals surface area contributed by atoms with Gasteiger partial charge in [0.2, 0.25) is 0 Å². The summed E-state index contributed by atoms with van der Waals surface area (Å²) in [5.74, 6) is -0.515. The van der Waals surface area contributed by atoms with Gasteiger partial charge in [0.15, 0.2) is 5.78 Å². The van der Waals surface area contributed by atoms with Crippen molar-refractivity contribution in [3.63, 3.8) is 0 Å². The van der Waals surface area contributed by atoms with E-state index in [1.54, 1.807) is 43.0 Å². The molecule has 1 aromatic carbocycles. The van der Waals surface area contributed by atoms with E-state index in [1.165, 1.54) is 5.57 Å². The van der Waals surface area contributed by atoms with Gasteiger partial charge in [-0.05, 0) is 149 Å². The molecule has 0 unspecified atom stereocenters. The predicted octanol–water partition coefficient (Wildman–Crippen LogP) is 9.10. The first-order chi connectivity index (χ1) is 26.9. The number of hydrogen-bond acceptors (Lipinski definition) is 7. The van der Waals surface area contributed by atoms with Gasteiger partial charge in [0.05, 0.1) is 17.9 Å². The summed E-state index contributed by atoms with van der Waals surface area (Å²) in [5.41, 5.74) is 0.320. The molecule has 1 amide bonds. The average Bonchev–Trinajstić information content (AvgIpc) is 3.44. The normalized spacial score (nSPS) is 34.8. The highest BCUT2D eigenvalue weighted by Gasteiger charge is 2.71. The zero-order valence-electron chi connectivity index (χ0n) is 37.2. The van der Waals surface area contributed by atoms with Crippen molar-refractivity contribution >= 4 is 35.2 Å². The van der Waals surface area contributed by atoms with Crippen molar-refractivity contribution in [1.82, 2.24) is 9.80 Å². The summed E-state index contributed by atoms with van der Waals surface area (Å²) in [4.78, 5) is 57.1. The van der Waals surface area contributed by atoms with Gasteiger partial charge in [-0.2, -0.15) is 0 Å². The van der Waals surface area contributed by atoms with Crippen LogP contribution in [-0.2, 0) is 19.1 Å². The first-order valence-corrected chi connectivity index (χ1v) is 22.3. The SMILES string of the molecule is CC(C)C1=C2[C@H]3CC[C@@H]4[C@@]5(C)CC[C@H](OC(=O)CC(C)(C)C(=O)O)C(C)(C)[C@@H]5CC[C@@]4(C)[C@]3(C)CC[C@@]2([C@H](O)CN(CCN(C)C)C(=O)c2ccc(Cl)cc2)CC1=O. The summed E-state index contributed by atoms with van der Waals surface area (Å²) >= 11 is 6.18. The van der Waals surface area contributed by atoms with Gasteiger partial charge in [0, 0.05) is 47.5 Å². The Morgan fingerprint density at radius 2 is 1.55 bits per heavy atom. The number of rotatable bonds is 12. The maximum Gasteiger partial charge on any atom is 0.309 e. The van der Waals surface area contributed by atoms with Crippen LogP contribution < -0.4 is 0 Å². The largest absolute Gasteiger partial charge is 0.481 e. The van der Waals surface area contributed by atoms with Crippen LogP contribution in [0.4, 0.5) is 0 Å². The van der Waals surface area contributed by atoms with Crippen LogP contribution in [0.1, 0.15) is 137 Å². The molecule has 2 N–H and O–H groups in total. The molecule has 0 saturated heterocycles. The molecule has 0 radical (unpaired) electrons. The predicted molar refractivity (Wildman–Crippen MR) is 227 cm³/mol. The number of esters is 1. The average molecular weight is 824 g/mol. The van der Waals surface area contributed by atoms with E-state index in [0.717, 1.165) is 50.5 Å². The number of benzene rings is 1. The highest BCUT2D eigenvalue weighted by Crippen LogP contribution is 2.77. The minimum atomic E-state index is -1.19. The molecule has 9 atom stereocenters. The first-order valence-electron chi connectivity index (χ1n) is 21.9. The Kier molecular flexibility index (Phi) is 12.1. The maximum absolute atomic E-state index is 14.3. The van der Waals surface area contributed by atoms with Crippen molar-refractivity contribution in [2.45, 2.75) is 139 Å². The van der Waals surface area contributed by atoms with Gasteiger partial charge in [0.25, 0.3) is 5.91 Å². The third kappa shape index (κ3) is 7.29. The van der Waals surface area contributed by atoms with Crippen molar-refractivity contribution in [3.8, 4) is 0 Å². The molecule has 0 spiro atoms. The van der Waals surface area contributed by atoms with Crippen LogP contribution in [0.25, 0.3) is 0 Å². The van der Waals surface area contributed by atoms with Gasteiger partial charge < -0.3 is 24.7 Å². The number of ether oxygens (including phenoxy) is 1. The first kappa shape index (κ1) is 44.8. The number of aliphatic carboxylic acids is 1. The standard InChI is InChI=1S/C48H71ClN2O7/c1-29(2)39-33(52)26-48(36(53)28-51(25-24-50(10)11)41(55)30-12-14-31(49)15-13-30)23-22-46(8)32(40(39)48)16-17-35-45(7)20-19-37(58-38(54)27-43(3,4)42(56)57)44(5,6)34(45)18-21-47(35,46)9/h12-15,29,32,34-37,53H,16-28H2,1-11H3,(H,56,57)/t32-,34+,35-,36-,37+,45+,46-,47-,48+/m1/s1. The van der Waals surface area contributed by atoms with Crippen molar-refractivity contribution in [2.24, 2.45) is 56.2 Å². The fraction of sp³-hybridized carbons (Fsp3) is 0.750. The lowest BCUT2D eigenvalue weighted by molar-refractivity contribution is -0.235.